The molecule has 26 heavy (non-hydrogen) atoms. The number of fused-ring (bicyclic) bond motifs is 1. The standard InChI is InChI=1S/C20H33NO5/c22-18(13-5-2-1-3-6-13)9-8-14-11-15-16(20(14)25)12-17(15)21-26-10-4-7-19(23)24/h13-16,18,20,22,25H,1-12H2,(H,23,24). The molecule has 3 fully saturated rings. The van der Waals surface area contributed by atoms with Crippen molar-refractivity contribution in [3.05, 3.63) is 0 Å². The van der Waals surface area contributed by atoms with Gasteiger partial charge in [-0.2, -0.15) is 0 Å². The van der Waals surface area contributed by atoms with Gasteiger partial charge in [-0.15, -0.1) is 0 Å². The lowest BCUT2D eigenvalue weighted by Gasteiger charge is -2.33. The molecule has 0 amide bonds. The highest BCUT2D eigenvalue weighted by Crippen LogP contribution is 2.49. The van der Waals surface area contributed by atoms with Crippen LogP contribution < -0.4 is 0 Å². The Morgan fingerprint density at radius 1 is 1.27 bits per heavy atom. The number of aliphatic hydroxyl groups excluding tert-OH is 2. The molecule has 5 unspecified atom stereocenters. The number of carbonyl (C=O) groups is 1. The summed E-state index contributed by atoms with van der Waals surface area (Å²) in [4.78, 5) is 15.7. The van der Waals surface area contributed by atoms with Crippen LogP contribution >= 0.6 is 0 Å². The second-order valence-corrected chi connectivity index (χ2v) is 8.42. The summed E-state index contributed by atoms with van der Waals surface area (Å²) in [5.41, 5.74) is 1.01. The predicted octanol–water partition coefficient (Wildman–Crippen LogP) is 2.96. The van der Waals surface area contributed by atoms with Gasteiger partial charge in [0, 0.05) is 12.3 Å². The highest BCUT2D eigenvalue weighted by molar-refractivity contribution is 5.93. The first kappa shape index (κ1) is 19.6. The Kier molecular flexibility index (Phi) is 6.92. The van der Waals surface area contributed by atoms with Gasteiger partial charge in [-0.1, -0.05) is 24.4 Å². The lowest BCUT2D eigenvalue weighted by atomic mass is 9.73. The molecule has 0 aromatic heterocycles. The van der Waals surface area contributed by atoms with Gasteiger partial charge in [0.25, 0.3) is 0 Å². The number of aliphatic hydroxyl groups is 2. The van der Waals surface area contributed by atoms with Crippen molar-refractivity contribution in [1.29, 1.82) is 0 Å². The molecule has 6 heteroatoms. The molecule has 0 saturated heterocycles. The lowest BCUT2D eigenvalue weighted by Crippen LogP contribution is -2.38. The average Bonchev–Trinajstić information content (AvgIpc) is 2.87. The number of aliphatic carboxylic acids is 1. The van der Waals surface area contributed by atoms with Crippen molar-refractivity contribution in [3.8, 4) is 0 Å². The quantitative estimate of drug-likeness (QED) is 0.430. The molecule has 6 nitrogen and oxygen atoms in total. The van der Waals surface area contributed by atoms with E-state index in [2.05, 4.69) is 5.16 Å². The van der Waals surface area contributed by atoms with Crippen molar-refractivity contribution in [2.75, 3.05) is 6.61 Å². The molecule has 3 N–H and O–H groups in total. The van der Waals surface area contributed by atoms with Crippen LogP contribution in [0.4, 0.5) is 0 Å². The Hall–Kier alpha value is -1.14. The summed E-state index contributed by atoms with van der Waals surface area (Å²) in [7, 11) is 0. The topological polar surface area (TPSA) is 99.4 Å². The van der Waals surface area contributed by atoms with Crippen LogP contribution in [0, 0.1) is 23.7 Å². The van der Waals surface area contributed by atoms with Gasteiger partial charge in [0.1, 0.15) is 6.61 Å². The Labute approximate surface area is 155 Å². The van der Waals surface area contributed by atoms with Crippen molar-refractivity contribution in [2.24, 2.45) is 28.8 Å². The normalized spacial score (nSPS) is 34.3. The number of rotatable bonds is 9. The molecular formula is C20H33NO5. The summed E-state index contributed by atoms with van der Waals surface area (Å²) in [5, 5.41) is 33.8. The maximum atomic E-state index is 10.5. The van der Waals surface area contributed by atoms with Gasteiger partial charge >= 0.3 is 5.97 Å². The summed E-state index contributed by atoms with van der Waals surface area (Å²) in [6.07, 6.45) is 9.53. The summed E-state index contributed by atoms with van der Waals surface area (Å²) in [6.45, 7) is 0.326. The van der Waals surface area contributed by atoms with E-state index in [1.54, 1.807) is 0 Å². The predicted molar refractivity (Wildman–Crippen MR) is 97.8 cm³/mol. The molecule has 0 aromatic carbocycles. The van der Waals surface area contributed by atoms with Crippen molar-refractivity contribution in [1.82, 2.24) is 0 Å². The minimum absolute atomic E-state index is 0.0982. The third-order valence-electron chi connectivity index (χ3n) is 6.70. The first-order valence-corrected chi connectivity index (χ1v) is 10.3. The lowest BCUT2D eigenvalue weighted by molar-refractivity contribution is -0.137. The van der Waals surface area contributed by atoms with Crippen molar-refractivity contribution < 1.29 is 25.0 Å². The average molecular weight is 367 g/mol. The zero-order valence-electron chi connectivity index (χ0n) is 15.6. The summed E-state index contributed by atoms with van der Waals surface area (Å²) in [6, 6.07) is 0. The van der Waals surface area contributed by atoms with Crippen LogP contribution in [0.5, 0.6) is 0 Å². The Morgan fingerprint density at radius 3 is 2.77 bits per heavy atom. The Morgan fingerprint density at radius 2 is 2.04 bits per heavy atom. The van der Waals surface area contributed by atoms with Gasteiger partial charge in [0.2, 0.25) is 0 Å². The SMILES string of the molecule is O=C(O)CCCON=C1CC2C1CC(CCC(O)C1CCCCC1)C2O. The molecule has 5 atom stereocenters. The monoisotopic (exact) mass is 367 g/mol. The fraction of sp³-hybridized carbons (Fsp3) is 0.900. The van der Waals surface area contributed by atoms with E-state index in [1.807, 2.05) is 0 Å². The summed E-state index contributed by atoms with van der Waals surface area (Å²) < 4.78 is 0. The van der Waals surface area contributed by atoms with E-state index in [0.717, 1.165) is 44.2 Å². The fourth-order valence-electron chi connectivity index (χ4n) is 5.06. The van der Waals surface area contributed by atoms with Gasteiger partial charge in [-0.3, -0.25) is 4.79 Å². The smallest absolute Gasteiger partial charge is 0.303 e. The largest absolute Gasteiger partial charge is 0.481 e. The number of nitrogens with zero attached hydrogens (tertiary/aromatic N) is 1. The first-order valence-electron chi connectivity index (χ1n) is 10.3. The molecule has 0 bridgehead atoms. The van der Waals surface area contributed by atoms with Crippen molar-refractivity contribution in [3.63, 3.8) is 0 Å². The highest BCUT2D eigenvalue weighted by Gasteiger charge is 2.51. The molecule has 0 aliphatic heterocycles. The zero-order valence-corrected chi connectivity index (χ0v) is 15.6. The van der Waals surface area contributed by atoms with E-state index < -0.39 is 5.97 Å². The van der Waals surface area contributed by atoms with E-state index in [9.17, 15) is 15.0 Å². The van der Waals surface area contributed by atoms with Crippen LogP contribution in [0.3, 0.4) is 0 Å². The third-order valence-corrected chi connectivity index (χ3v) is 6.70. The first-order chi connectivity index (χ1) is 12.6. The van der Waals surface area contributed by atoms with Crippen molar-refractivity contribution >= 4 is 11.7 Å². The maximum absolute atomic E-state index is 10.5. The van der Waals surface area contributed by atoms with Crippen LogP contribution in [-0.2, 0) is 9.63 Å². The fourth-order valence-corrected chi connectivity index (χ4v) is 5.06. The molecule has 3 rings (SSSR count). The highest BCUT2D eigenvalue weighted by atomic mass is 16.6. The Balaban J connectivity index is 1.38. The van der Waals surface area contributed by atoms with Gasteiger partial charge in [-0.25, -0.2) is 0 Å². The van der Waals surface area contributed by atoms with Crippen LogP contribution in [0.2, 0.25) is 0 Å². The van der Waals surface area contributed by atoms with E-state index in [4.69, 9.17) is 9.94 Å². The number of carboxylic acid groups (broad SMARTS) is 1. The maximum Gasteiger partial charge on any atom is 0.303 e. The molecule has 3 aliphatic carbocycles. The second-order valence-electron chi connectivity index (χ2n) is 8.42. The molecule has 3 aliphatic rings. The van der Waals surface area contributed by atoms with Crippen molar-refractivity contribution in [2.45, 2.75) is 82.8 Å². The van der Waals surface area contributed by atoms with E-state index in [0.29, 0.717) is 24.9 Å². The van der Waals surface area contributed by atoms with Gasteiger partial charge in [-0.05, 0) is 62.7 Å². The van der Waals surface area contributed by atoms with Gasteiger partial charge < -0.3 is 20.2 Å². The zero-order chi connectivity index (χ0) is 18.5. The number of carboxylic acids is 1. The van der Waals surface area contributed by atoms with Crippen LogP contribution in [0.15, 0.2) is 5.16 Å². The number of oxime groups is 1. The number of hydrogen-bond donors (Lipinski definition) is 3. The molecule has 0 spiro atoms. The van der Waals surface area contributed by atoms with Crippen LogP contribution in [0.1, 0.15) is 70.6 Å². The Bertz CT molecular complexity index is 502. The summed E-state index contributed by atoms with van der Waals surface area (Å²) in [5.74, 6) is 0.481. The minimum Gasteiger partial charge on any atom is -0.481 e. The minimum atomic E-state index is -0.817. The molecule has 0 heterocycles. The molecule has 0 aromatic rings. The molecular weight excluding hydrogens is 334 g/mol. The van der Waals surface area contributed by atoms with Crippen LogP contribution in [0.25, 0.3) is 0 Å². The van der Waals surface area contributed by atoms with E-state index in [1.165, 1.54) is 19.3 Å². The molecule has 148 valence electrons. The van der Waals surface area contributed by atoms with E-state index in [-0.39, 0.29) is 30.5 Å². The second kappa shape index (κ2) is 9.18. The van der Waals surface area contributed by atoms with Gasteiger partial charge in [0.05, 0.1) is 17.9 Å². The molecule has 3 saturated carbocycles. The molecule has 0 radical (unpaired) electrons. The summed E-state index contributed by atoms with van der Waals surface area (Å²) >= 11 is 0. The van der Waals surface area contributed by atoms with E-state index >= 15 is 0 Å². The third kappa shape index (κ3) is 4.77. The van der Waals surface area contributed by atoms with Gasteiger partial charge in [0.15, 0.2) is 0 Å². The number of hydrogen-bond acceptors (Lipinski definition) is 5. The van der Waals surface area contributed by atoms with Crippen LogP contribution in [-0.4, -0.2) is 45.8 Å².